The zero-order chi connectivity index (χ0) is 8.06. The van der Waals surface area contributed by atoms with Crippen LogP contribution < -0.4 is 10.8 Å². The molecule has 62 valence electrons. The zero-order valence-electron chi connectivity index (χ0n) is 6.51. The summed E-state index contributed by atoms with van der Waals surface area (Å²) >= 11 is 0. The summed E-state index contributed by atoms with van der Waals surface area (Å²) in [5.74, 6) is -1.01. The molecular formula is C8H13NO2. The molecule has 2 saturated carbocycles. The standard InChI is InChI=1S/C8H13NO2/c9-6-3-8(4-6)1-5(2-8)7(10)11/h5-6H,1-4,9H2,(H,10,11). The predicted octanol–water partition coefficient (Wildman–Crippen LogP) is -1.46. The summed E-state index contributed by atoms with van der Waals surface area (Å²) in [4.78, 5) is 10.4. The summed E-state index contributed by atoms with van der Waals surface area (Å²) in [6, 6.07) is 0.581. The van der Waals surface area contributed by atoms with E-state index >= 15 is 0 Å². The Balaban J connectivity index is 1.84. The predicted molar refractivity (Wildman–Crippen MR) is 36.1 cm³/mol. The van der Waals surface area contributed by atoms with E-state index in [0.29, 0.717) is 11.5 Å². The molecule has 0 aromatic carbocycles. The SMILES string of the molecule is [NH3+]C1CC2(C1)CC(C(=O)[O-])C2. The van der Waals surface area contributed by atoms with E-state index in [2.05, 4.69) is 5.73 Å². The van der Waals surface area contributed by atoms with E-state index in [1.54, 1.807) is 0 Å². The van der Waals surface area contributed by atoms with Gasteiger partial charge in [-0.05, 0) is 24.2 Å². The third-order valence-corrected chi connectivity index (χ3v) is 3.14. The Kier molecular flexibility index (Phi) is 1.27. The van der Waals surface area contributed by atoms with Gasteiger partial charge in [0.2, 0.25) is 0 Å². The highest BCUT2D eigenvalue weighted by atomic mass is 16.4. The van der Waals surface area contributed by atoms with Crippen molar-refractivity contribution in [2.45, 2.75) is 31.7 Å². The summed E-state index contributed by atoms with van der Waals surface area (Å²) in [5, 5.41) is 10.4. The smallest absolute Gasteiger partial charge is 0.0854 e. The van der Waals surface area contributed by atoms with Gasteiger partial charge in [0, 0.05) is 18.8 Å². The normalized spacial score (nSPS) is 48.1. The molecule has 1 spiro atoms. The molecule has 2 fully saturated rings. The molecule has 2 rings (SSSR count). The van der Waals surface area contributed by atoms with E-state index in [0.717, 1.165) is 25.7 Å². The fraction of sp³-hybridized carbons (Fsp3) is 0.875. The first-order valence-corrected chi connectivity index (χ1v) is 4.15. The van der Waals surface area contributed by atoms with Crippen molar-refractivity contribution in [1.82, 2.24) is 0 Å². The Bertz CT molecular complexity index is 188. The number of hydrogen-bond donors (Lipinski definition) is 1. The van der Waals surface area contributed by atoms with Crippen LogP contribution in [0, 0.1) is 11.3 Å². The van der Waals surface area contributed by atoms with Gasteiger partial charge in [0.1, 0.15) is 0 Å². The van der Waals surface area contributed by atoms with Gasteiger partial charge < -0.3 is 15.6 Å². The molecule has 0 unspecified atom stereocenters. The number of carboxylic acids is 1. The summed E-state index contributed by atoms with van der Waals surface area (Å²) in [6.45, 7) is 0. The molecule has 0 amide bonds. The first kappa shape index (κ1) is 7.10. The number of carbonyl (C=O) groups is 1. The minimum Gasteiger partial charge on any atom is -0.550 e. The molecule has 0 aromatic heterocycles. The van der Waals surface area contributed by atoms with Crippen LogP contribution in [-0.2, 0) is 4.79 Å². The Hall–Kier alpha value is -0.570. The van der Waals surface area contributed by atoms with Gasteiger partial charge in [-0.25, -0.2) is 0 Å². The molecular weight excluding hydrogens is 142 g/mol. The molecule has 0 atom stereocenters. The molecule has 2 aliphatic rings. The second kappa shape index (κ2) is 1.97. The second-order valence-electron chi connectivity index (χ2n) is 4.20. The molecule has 0 saturated heterocycles. The molecule has 0 aliphatic heterocycles. The van der Waals surface area contributed by atoms with E-state index < -0.39 is 5.97 Å². The van der Waals surface area contributed by atoms with Crippen LogP contribution in [0.2, 0.25) is 0 Å². The van der Waals surface area contributed by atoms with Crippen LogP contribution in [0.3, 0.4) is 0 Å². The number of rotatable bonds is 1. The number of carbonyl (C=O) groups excluding carboxylic acids is 1. The summed E-state index contributed by atoms with van der Waals surface area (Å²) in [7, 11) is 0. The topological polar surface area (TPSA) is 67.8 Å². The van der Waals surface area contributed by atoms with Crippen molar-refractivity contribution in [1.29, 1.82) is 0 Å². The fourth-order valence-corrected chi connectivity index (χ4v) is 2.65. The van der Waals surface area contributed by atoms with E-state index in [1.807, 2.05) is 0 Å². The largest absolute Gasteiger partial charge is 0.550 e. The van der Waals surface area contributed by atoms with Crippen LogP contribution in [0.1, 0.15) is 25.7 Å². The highest BCUT2D eigenvalue weighted by Crippen LogP contribution is 2.57. The van der Waals surface area contributed by atoms with Gasteiger partial charge in [-0.3, -0.25) is 0 Å². The maximum Gasteiger partial charge on any atom is 0.0854 e. The lowest BCUT2D eigenvalue weighted by molar-refractivity contribution is -0.461. The van der Waals surface area contributed by atoms with Crippen molar-refractivity contribution in [3.05, 3.63) is 0 Å². The molecule has 2 aliphatic carbocycles. The first-order valence-electron chi connectivity index (χ1n) is 4.15. The van der Waals surface area contributed by atoms with E-state index in [-0.39, 0.29) is 5.92 Å². The van der Waals surface area contributed by atoms with Crippen molar-refractivity contribution in [3.8, 4) is 0 Å². The lowest BCUT2D eigenvalue weighted by Crippen LogP contribution is -2.72. The minimum absolute atomic E-state index is 0.150. The molecule has 0 bridgehead atoms. The molecule has 0 aromatic rings. The Labute approximate surface area is 65.6 Å². The van der Waals surface area contributed by atoms with E-state index in [4.69, 9.17) is 0 Å². The number of carboxylic acid groups (broad SMARTS) is 1. The lowest BCUT2D eigenvalue weighted by Gasteiger charge is -2.55. The molecule has 3 N–H and O–H groups in total. The van der Waals surface area contributed by atoms with Gasteiger partial charge >= 0.3 is 0 Å². The first-order chi connectivity index (χ1) is 5.11. The quantitative estimate of drug-likeness (QED) is 0.502. The van der Waals surface area contributed by atoms with Crippen molar-refractivity contribution in [2.24, 2.45) is 11.3 Å². The van der Waals surface area contributed by atoms with Crippen molar-refractivity contribution < 1.29 is 15.6 Å². The van der Waals surface area contributed by atoms with Gasteiger partial charge in [-0.2, -0.15) is 0 Å². The van der Waals surface area contributed by atoms with Crippen molar-refractivity contribution in [2.75, 3.05) is 0 Å². The minimum atomic E-state index is -0.858. The van der Waals surface area contributed by atoms with Gasteiger partial charge in [-0.1, -0.05) is 0 Å². The van der Waals surface area contributed by atoms with Gasteiger partial charge in [0.05, 0.1) is 6.04 Å². The molecule has 3 nitrogen and oxygen atoms in total. The molecule has 11 heavy (non-hydrogen) atoms. The van der Waals surface area contributed by atoms with Gasteiger partial charge in [0.25, 0.3) is 0 Å². The van der Waals surface area contributed by atoms with Gasteiger partial charge in [-0.15, -0.1) is 0 Å². The van der Waals surface area contributed by atoms with Crippen LogP contribution in [0.25, 0.3) is 0 Å². The average Bonchev–Trinajstić information content (AvgIpc) is 1.73. The van der Waals surface area contributed by atoms with Crippen LogP contribution in [0.15, 0.2) is 0 Å². The fourth-order valence-electron chi connectivity index (χ4n) is 2.65. The van der Waals surface area contributed by atoms with Crippen molar-refractivity contribution >= 4 is 5.97 Å². The second-order valence-corrected chi connectivity index (χ2v) is 4.20. The van der Waals surface area contributed by atoms with Crippen LogP contribution in [0.4, 0.5) is 0 Å². The average molecular weight is 155 g/mol. The molecule has 0 radical (unpaired) electrons. The number of hydrogen-bond acceptors (Lipinski definition) is 2. The zero-order valence-corrected chi connectivity index (χ0v) is 6.51. The van der Waals surface area contributed by atoms with Gasteiger partial charge in [0.15, 0.2) is 0 Å². The highest BCUT2D eigenvalue weighted by molar-refractivity contribution is 5.69. The molecule has 0 heterocycles. The summed E-state index contributed by atoms with van der Waals surface area (Å²) in [6.07, 6.45) is 3.97. The Morgan fingerprint density at radius 3 is 2.27 bits per heavy atom. The van der Waals surface area contributed by atoms with Crippen LogP contribution in [-0.4, -0.2) is 12.0 Å². The number of aliphatic carboxylic acids is 1. The van der Waals surface area contributed by atoms with Crippen LogP contribution in [0.5, 0.6) is 0 Å². The monoisotopic (exact) mass is 155 g/mol. The third-order valence-electron chi connectivity index (χ3n) is 3.14. The highest BCUT2D eigenvalue weighted by Gasteiger charge is 2.53. The summed E-state index contributed by atoms with van der Waals surface area (Å²) in [5.41, 5.74) is 4.31. The van der Waals surface area contributed by atoms with Crippen LogP contribution >= 0.6 is 0 Å². The van der Waals surface area contributed by atoms with E-state index in [1.165, 1.54) is 0 Å². The third kappa shape index (κ3) is 0.948. The maximum absolute atomic E-state index is 10.4. The lowest BCUT2D eigenvalue weighted by atomic mass is 9.50. The van der Waals surface area contributed by atoms with Crippen molar-refractivity contribution in [3.63, 3.8) is 0 Å². The molecule has 3 heteroatoms. The van der Waals surface area contributed by atoms with E-state index in [9.17, 15) is 9.90 Å². The Morgan fingerprint density at radius 2 is 1.91 bits per heavy atom. The summed E-state index contributed by atoms with van der Waals surface area (Å²) < 4.78 is 0. The number of quaternary nitrogens is 1. The Morgan fingerprint density at radius 1 is 1.36 bits per heavy atom. The maximum atomic E-state index is 10.4.